The molecule has 3 heterocycles. The number of nitrogens with one attached hydrogen (secondary N) is 1. The Hall–Kier alpha value is -1.88. The minimum atomic E-state index is -0.266. The van der Waals surface area contributed by atoms with Gasteiger partial charge >= 0.3 is 0 Å². The molecule has 0 bridgehead atoms. The lowest BCUT2D eigenvalue weighted by Gasteiger charge is -2.34. The molecule has 5 heteroatoms. The maximum absolute atomic E-state index is 13.5. The van der Waals surface area contributed by atoms with Gasteiger partial charge in [-0.25, -0.2) is 0 Å². The highest BCUT2D eigenvalue weighted by molar-refractivity contribution is 5.98. The Morgan fingerprint density at radius 3 is 2.37 bits per heavy atom. The Morgan fingerprint density at radius 1 is 0.926 bits per heavy atom. The molecule has 3 aliphatic heterocycles. The summed E-state index contributed by atoms with van der Waals surface area (Å²) in [6, 6.07) is 9.49. The molecule has 1 aromatic rings. The van der Waals surface area contributed by atoms with E-state index in [0.717, 1.165) is 45.4 Å². The van der Waals surface area contributed by atoms with E-state index in [2.05, 4.69) is 10.2 Å². The summed E-state index contributed by atoms with van der Waals surface area (Å²) in [6.45, 7) is 3.76. The zero-order valence-corrected chi connectivity index (χ0v) is 15.8. The fraction of sp³-hybridized carbons (Fsp3) is 0.636. The molecule has 5 atom stereocenters. The first-order valence-electron chi connectivity index (χ1n) is 10.6. The van der Waals surface area contributed by atoms with Crippen LogP contribution in [0.3, 0.4) is 0 Å². The molecule has 5 nitrogen and oxygen atoms in total. The van der Waals surface area contributed by atoms with Crippen molar-refractivity contribution in [3.8, 4) is 0 Å². The number of amides is 2. The quantitative estimate of drug-likeness (QED) is 0.871. The molecule has 1 N–H and O–H groups in total. The third-order valence-corrected chi connectivity index (χ3v) is 7.33. The van der Waals surface area contributed by atoms with Gasteiger partial charge in [0.2, 0.25) is 5.91 Å². The van der Waals surface area contributed by atoms with Crippen molar-refractivity contribution < 1.29 is 9.59 Å². The molecule has 5 rings (SSSR count). The van der Waals surface area contributed by atoms with Crippen LogP contribution >= 0.6 is 0 Å². The van der Waals surface area contributed by atoms with Gasteiger partial charge in [-0.05, 0) is 49.1 Å². The van der Waals surface area contributed by atoms with Crippen LogP contribution < -0.4 is 5.32 Å². The molecule has 0 aromatic heterocycles. The van der Waals surface area contributed by atoms with Crippen LogP contribution in [-0.2, 0) is 4.79 Å². The zero-order valence-electron chi connectivity index (χ0n) is 15.8. The maximum atomic E-state index is 13.5. The average molecular weight is 367 g/mol. The summed E-state index contributed by atoms with van der Waals surface area (Å²) in [4.78, 5) is 30.9. The molecule has 2 amide bonds. The summed E-state index contributed by atoms with van der Waals surface area (Å²) in [7, 11) is 0. The first-order valence-corrected chi connectivity index (χ1v) is 10.6. The zero-order chi connectivity index (χ0) is 18.4. The van der Waals surface area contributed by atoms with Gasteiger partial charge < -0.3 is 15.1 Å². The van der Waals surface area contributed by atoms with Crippen molar-refractivity contribution in [2.45, 2.75) is 44.2 Å². The second kappa shape index (κ2) is 6.93. The van der Waals surface area contributed by atoms with Gasteiger partial charge in [0.05, 0.1) is 0 Å². The van der Waals surface area contributed by atoms with Crippen LogP contribution in [0.25, 0.3) is 0 Å². The molecule has 0 spiro atoms. The summed E-state index contributed by atoms with van der Waals surface area (Å²) in [5, 5.41) is 3.44. The first-order chi connectivity index (χ1) is 13.2. The lowest BCUT2D eigenvalue weighted by molar-refractivity contribution is -0.134. The fourth-order valence-electron chi connectivity index (χ4n) is 5.95. The maximum Gasteiger partial charge on any atom is 0.254 e. The van der Waals surface area contributed by atoms with Crippen LogP contribution in [0, 0.1) is 17.8 Å². The molecule has 3 unspecified atom stereocenters. The summed E-state index contributed by atoms with van der Waals surface area (Å²) in [6.07, 6.45) is 5.45. The van der Waals surface area contributed by atoms with E-state index in [1.807, 2.05) is 35.2 Å². The van der Waals surface area contributed by atoms with Crippen LogP contribution in [0.5, 0.6) is 0 Å². The van der Waals surface area contributed by atoms with E-state index in [1.54, 1.807) is 0 Å². The van der Waals surface area contributed by atoms with Crippen molar-refractivity contribution in [1.29, 1.82) is 0 Å². The minimum Gasteiger partial charge on any atom is -0.340 e. The van der Waals surface area contributed by atoms with E-state index < -0.39 is 0 Å². The molecular weight excluding hydrogens is 338 g/mol. The molecule has 4 fully saturated rings. The lowest BCUT2D eigenvalue weighted by Crippen LogP contribution is -2.50. The van der Waals surface area contributed by atoms with Gasteiger partial charge in [-0.2, -0.15) is 0 Å². The van der Waals surface area contributed by atoms with Crippen molar-refractivity contribution in [1.82, 2.24) is 15.1 Å². The second-order valence-electron chi connectivity index (χ2n) is 8.86. The molecule has 144 valence electrons. The third-order valence-electron chi connectivity index (χ3n) is 7.33. The second-order valence-corrected chi connectivity index (χ2v) is 8.86. The number of hydrogen-bond donors (Lipinski definition) is 1. The van der Waals surface area contributed by atoms with Crippen molar-refractivity contribution in [3.05, 3.63) is 35.9 Å². The predicted molar refractivity (Wildman–Crippen MR) is 103 cm³/mol. The largest absolute Gasteiger partial charge is 0.340 e. The van der Waals surface area contributed by atoms with E-state index in [4.69, 9.17) is 0 Å². The van der Waals surface area contributed by atoms with E-state index in [-0.39, 0.29) is 23.9 Å². The normalized spacial score (nSPS) is 35.2. The SMILES string of the molecule is O=C(C1CC2CCCCC2N1C(=O)c1ccccc1)N1C[C@H]2CNC[C@H]2C1. The van der Waals surface area contributed by atoms with Crippen LogP contribution in [0.1, 0.15) is 42.5 Å². The van der Waals surface area contributed by atoms with Gasteiger partial charge in [-0.15, -0.1) is 0 Å². The number of likely N-dealkylation sites (tertiary alicyclic amines) is 2. The Bertz CT molecular complexity index is 710. The molecular formula is C22H29N3O2. The fourth-order valence-corrected chi connectivity index (χ4v) is 5.95. The topological polar surface area (TPSA) is 52.7 Å². The molecule has 0 radical (unpaired) electrons. The van der Waals surface area contributed by atoms with Gasteiger partial charge in [0.25, 0.3) is 5.91 Å². The van der Waals surface area contributed by atoms with Gasteiger partial charge in [0, 0.05) is 37.8 Å². The van der Waals surface area contributed by atoms with Crippen LogP contribution in [0.15, 0.2) is 30.3 Å². The van der Waals surface area contributed by atoms with Gasteiger partial charge in [0.1, 0.15) is 6.04 Å². The van der Waals surface area contributed by atoms with Crippen LogP contribution in [0.4, 0.5) is 0 Å². The Morgan fingerprint density at radius 2 is 1.63 bits per heavy atom. The molecule has 1 aliphatic carbocycles. The Labute approximate surface area is 161 Å². The van der Waals surface area contributed by atoms with E-state index in [0.29, 0.717) is 23.3 Å². The Kier molecular flexibility index (Phi) is 4.43. The van der Waals surface area contributed by atoms with Gasteiger partial charge in [-0.3, -0.25) is 9.59 Å². The van der Waals surface area contributed by atoms with Crippen molar-refractivity contribution in [3.63, 3.8) is 0 Å². The highest BCUT2D eigenvalue weighted by Gasteiger charge is 2.50. The smallest absolute Gasteiger partial charge is 0.254 e. The summed E-state index contributed by atoms with van der Waals surface area (Å²) in [5.41, 5.74) is 0.712. The molecule has 3 saturated heterocycles. The Balaban J connectivity index is 1.41. The molecule has 1 aromatic carbocycles. The third kappa shape index (κ3) is 2.96. The molecule has 4 aliphatic rings. The standard InChI is InChI=1S/C22H29N3O2/c26-21(15-6-2-1-3-7-15)25-19-9-5-4-8-16(19)10-20(25)22(27)24-13-17-11-23-12-18(17)14-24/h1-3,6-7,16-20,23H,4-5,8-14H2/t16?,17-,18+,19?,20?. The summed E-state index contributed by atoms with van der Waals surface area (Å²) < 4.78 is 0. The van der Waals surface area contributed by atoms with Crippen molar-refractivity contribution in [2.24, 2.45) is 17.8 Å². The lowest BCUT2D eigenvalue weighted by atomic mass is 9.84. The summed E-state index contributed by atoms with van der Waals surface area (Å²) in [5.74, 6) is 1.92. The van der Waals surface area contributed by atoms with E-state index in [1.165, 1.54) is 12.8 Å². The van der Waals surface area contributed by atoms with Crippen molar-refractivity contribution >= 4 is 11.8 Å². The minimum absolute atomic E-state index is 0.0457. The van der Waals surface area contributed by atoms with Gasteiger partial charge in [0.15, 0.2) is 0 Å². The number of benzene rings is 1. The average Bonchev–Trinajstić information content (AvgIpc) is 3.40. The number of fused-ring (bicyclic) bond motifs is 2. The first kappa shape index (κ1) is 17.2. The molecule has 27 heavy (non-hydrogen) atoms. The monoisotopic (exact) mass is 367 g/mol. The highest BCUT2D eigenvalue weighted by atomic mass is 16.2. The highest BCUT2D eigenvalue weighted by Crippen LogP contribution is 2.41. The number of nitrogens with zero attached hydrogens (tertiary/aromatic N) is 2. The van der Waals surface area contributed by atoms with Crippen molar-refractivity contribution in [2.75, 3.05) is 26.2 Å². The van der Waals surface area contributed by atoms with Crippen LogP contribution in [0.2, 0.25) is 0 Å². The number of hydrogen-bond acceptors (Lipinski definition) is 3. The van der Waals surface area contributed by atoms with E-state index in [9.17, 15) is 9.59 Å². The van der Waals surface area contributed by atoms with Crippen LogP contribution in [-0.4, -0.2) is 59.9 Å². The predicted octanol–water partition coefficient (Wildman–Crippen LogP) is 2.14. The number of rotatable bonds is 2. The summed E-state index contributed by atoms with van der Waals surface area (Å²) >= 11 is 0. The molecule has 1 saturated carbocycles. The van der Waals surface area contributed by atoms with E-state index >= 15 is 0 Å². The van der Waals surface area contributed by atoms with Gasteiger partial charge in [-0.1, -0.05) is 31.0 Å². The number of carbonyl (C=O) groups excluding carboxylic acids is 2. The number of carbonyl (C=O) groups is 2.